The molecule has 0 aliphatic rings. The van der Waals surface area contributed by atoms with E-state index < -0.39 is 0 Å². The maximum atomic E-state index is 9.12. The number of nitrogens with zero attached hydrogens (tertiary/aromatic N) is 3. The average molecular weight is 276 g/mol. The molecule has 0 N–H and O–H groups in total. The smallest absolute Gasteiger partial charge is 0.101 e. The molecule has 0 saturated carbocycles. The lowest BCUT2D eigenvalue weighted by atomic mass is 10.0. The molecule has 2 aromatic rings. The molecular weight excluding hydrogens is 266 g/mol. The molecule has 0 atom stereocenters. The van der Waals surface area contributed by atoms with Crippen LogP contribution in [0.2, 0.25) is 0 Å². The van der Waals surface area contributed by atoms with Crippen LogP contribution in [-0.4, -0.2) is 9.78 Å². The van der Waals surface area contributed by atoms with Gasteiger partial charge in [-0.25, -0.2) is 0 Å². The van der Waals surface area contributed by atoms with Crippen LogP contribution < -0.4 is 0 Å². The van der Waals surface area contributed by atoms with Gasteiger partial charge in [0.05, 0.1) is 11.8 Å². The van der Waals surface area contributed by atoms with Crippen molar-refractivity contribution in [3.8, 4) is 17.2 Å². The van der Waals surface area contributed by atoms with Gasteiger partial charge < -0.3 is 0 Å². The van der Waals surface area contributed by atoms with E-state index in [1.165, 1.54) is 0 Å². The molecule has 4 heteroatoms. The second-order valence-corrected chi connectivity index (χ2v) is 4.21. The molecule has 3 nitrogen and oxygen atoms in total. The van der Waals surface area contributed by atoms with Crippen molar-refractivity contribution in [2.24, 2.45) is 0 Å². The van der Waals surface area contributed by atoms with Gasteiger partial charge in [-0.2, -0.15) is 10.4 Å². The molecule has 80 valence electrons. The zero-order valence-corrected chi connectivity index (χ0v) is 10.4. The second kappa shape index (κ2) is 4.50. The monoisotopic (exact) mass is 275 g/mol. The van der Waals surface area contributed by atoms with Crippen LogP contribution in [0.15, 0.2) is 35.1 Å². The summed E-state index contributed by atoms with van der Waals surface area (Å²) in [6, 6.07) is 7.92. The van der Waals surface area contributed by atoms with Gasteiger partial charge in [-0.15, -0.1) is 0 Å². The van der Waals surface area contributed by atoms with Crippen LogP contribution >= 0.6 is 15.9 Å². The van der Waals surface area contributed by atoms with E-state index in [9.17, 15) is 0 Å². The summed E-state index contributed by atoms with van der Waals surface area (Å²) < 4.78 is 2.66. The summed E-state index contributed by atoms with van der Waals surface area (Å²) >= 11 is 3.38. The topological polar surface area (TPSA) is 41.6 Å². The maximum absolute atomic E-state index is 9.12. The Balaban J connectivity index is 2.56. The van der Waals surface area contributed by atoms with Gasteiger partial charge in [-0.3, -0.25) is 4.68 Å². The molecule has 0 unspecified atom stereocenters. The third-order valence-electron chi connectivity index (χ3n) is 2.39. The van der Waals surface area contributed by atoms with Crippen molar-refractivity contribution in [2.45, 2.75) is 13.5 Å². The summed E-state index contributed by atoms with van der Waals surface area (Å²) in [5.74, 6) is 0. The fraction of sp³-hybridized carbons (Fsp3) is 0.167. The number of hydrogen-bond acceptors (Lipinski definition) is 2. The second-order valence-electron chi connectivity index (χ2n) is 3.36. The highest BCUT2D eigenvalue weighted by atomic mass is 79.9. The highest BCUT2D eigenvalue weighted by Crippen LogP contribution is 2.28. The largest absolute Gasteiger partial charge is 0.272 e. The van der Waals surface area contributed by atoms with Crippen molar-refractivity contribution in [3.63, 3.8) is 0 Å². The summed E-state index contributed by atoms with van der Waals surface area (Å²) in [4.78, 5) is 0. The Bertz CT molecular complexity index is 552. The van der Waals surface area contributed by atoms with Crippen molar-refractivity contribution in [3.05, 3.63) is 40.6 Å². The molecule has 0 saturated heterocycles. The molecule has 0 fully saturated rings. The zero-order valence-electron chi connectivity index (χ0n) is 8.81. The Morgan fingerprint density at radius 2 is 2.31 bits per heavy atom. The predicted octanol–water partition coefficient (Wildman–Crippen LogP) is 3.20. The minimum atomic E-state index is 0.651. The van der Waals surface area contributed by atoms with Gasteiger partial charge in [0, 0.05) is 28.3 Å². The molecule has 1 aromatic heterocycles. The lowest BCUT2D eigenvalue weighted by Crippen LogP contribution is -1.92. The molecule has 0 bridgehead atoms. The average Bonchev–Trinajstić information content (AvgIpc) is 2.77. The first kappa shape index (κ1) is 10.9. The molecule has 1 heterocycles. The molecule has 0 aliphatic carbocycles. The van der Waals surface area contributed by atoms with E-state index in [4.69, 9.17) is 5.26 Å². The standard InChI is InChI=1S/C12H10BrN3/c1-2-16-8-9(7-15-16)10-4-3-5-12(13)11(10)6-14/h3-5,7-8H,2H2,1H3. The predicted molar refractivity (Wildman–Crippen MR) is 65.8 cm³/mol. The SMILES string of the molecule is CCn1cc(-c2cccc(Br)c2C#N)cn1. The number of halogens is 1. The van der Waals surface area contributed by atoms with Gasteiger partial charge in [-0.05, 0) is 28.9 Å². The van der Waals surface area contributed by atoms with Gasteiger partial charge in [0.2, 0.25) is 0 Å². The van der Waals surface area contributed by atoms with Crippen LogP contribution in [0.5, 0.6) is 0 Å². The van der Waals surface area contributed by atoms with Crippen LogP contribution in [-0.2, 0) is 6.54 Å². The van der Waals surface area contributed by atoms with Gasteiger partial charge in [0.1, 0.15) is 6.07 Å². The Kier molecular flexibility index (Phi) is 3.07. The van der Waals surface area contributed by atoms with E-state index in [-0.39, 0.29) is 0 Å². The van der Waals surface area contributed by atoms with Crippen molar-refractivity contribution in [1.29, 1.82) is 5.26 Å². The van der Waals surface area contributed by atoms with Crippen molar-refractivity contribution in [1.82, 2.24) is 9.78 Å². The summed E-state index contributed by atoms with van der Waals surface area (Å²) in [6.45, 7) is 2.86. The third kappa shape index (κ3) is 1.86. The van der Waals surface area contributed by atoms with Crippen molar-refractivity contribution >= 4 is 15.9 Å². The first-order chi connectivity index (χ1) is 7.76. The quantitative estimate of drug-likeness (QED) is 0.845. The van der Waals surface area contributed by atoms with Crippen molar-refractivity contribution in [2.75, 3.05) is 0 Å². The summed E-state index contributed by atoms with van der Waals surface area (Å²) in [5, 5.41) is 13.3. The lowest BCUT2D eigenvalue weighted by molar-refractivity contribution is 0.660. The fourth-order valence-electron chi connectivity index (χ4n) is 1.55. The fourth-order valence-corrected chi connectivity index (χ4v) is 2.01. The first-order valence-corrected chi connectivity index (χ1v) is 5.77. The Morgan fingerprint density at radius 3 is 2.94 bits per heavy atom. The summed E-state index contributed by atoms with van der Waals surface area (Å²) in [5.41, 5.74) is 2.54. The van der Waals surface area contributed by atoms with E-state index in [2.05, 4.69) is 27.1 Å². The number of aryl methyl sites for hydroxylation is 1. The van der Waals surface area contributed by atoms with Crippen LogP contribution in [0.4, 0.5) is 0 Å². The van der Waals surface area contributed by atoms with Gasteiger partial charge in [-0.1, -0.05) is 12.1 Å². The lowest BCUT2D eigenvalue weighted by Gasteiger charge is -2.02. The van der Waals surface area contributed by atoms with Crippen LogP contribution in [0.3, 0.4) is 0 Å². The maximum Gasteiger partial charge on any atom is 0.101 e. The van der Waals surface area contributed by atoms with Gasteiger partial charge in [0.25, 0.3) is 0 Å². The van der Waals surface area contributed by atoms with Crippen LogP contribution in [0.1, 0.15) is 12.5 Å². The number of aromatic nitrogens is 2. The van der Waals surface area contributed by atoms with E-state index in [0.29, 0.717) is 5.56 Å². The van der Waals surface area contributed by atoms with Crippen LogP contribution in [0.25, 0.3) is 11.1 Å². The van der Waals surface area contributed by atoms with E-state index in [1.54, 1.807) is 6.20 Å². The minimum absolute atomic E-state index is 0.651. The third-order valence-corrected chi connectivity index (χ3v) is 3.05. The molecule has 16 heavy (non-hydrogen) atoms. The molecule has 0 radical (unpaired) electrons. The molecule has 0 amide bonds. The van der Waals surface area contributed by atoms with E-state index in [1.807, 2.05) is 36.0 Å². The van der Waals surface area contributed by atoms with E-state index in [0.717, 1.165) is 22.1 Å². The Hall–Kier alpha value is -1.60. The molecule has 0 spiro atoms. The first-order valence-electron chi connectivity index (χ1n) is 4.97. The summed E-state index contributed by atoms with van der Waals surface area (Å²) in [6.07, 6.45) is 3.73. The van der Waals surface area contributed by atoms with Gasteiger partial charge in [0.15, 0.2) is 0 Å². The normalized spacial score (nSPS) is 10.1. The molecule has 1 aromatic carbocycles. The minimum Gasteiger partial charge on any atom is -0.272 e. The molecule has 2 rings (SSSR count). The van der Waals surface area contributed by atoms with E-state index >= 15 is 0 Å². The summed E-state index contributed by atoms with van der Waals surface area (Å²) in [7, 11) is 0. The highest BCUT2D eigenvalue weighted by molar-refractivity contribution is 9.10. The molecular formula is C12H10BrN3. The highest BCUT2D eigenvalue weighted by Gasteiger charge is 2.09. The Morgan fingerprint density at radius 1 is 1.50 bits per heavy atom. The number of benzene rings is 1. The number of rotatable bonds is 2. The zero-order chi connectivity index (χ0) is 11.5. The van der Waals surface area contributed by atoms with Crippen molar-refractivity contribution < 1.29 is 0 Å². The number of nitriles is 1. The Labute approximate surface area is 102 Å². The molecule has 0 aliphatic heterocycles. The van der Waals surface area contributed by atoms with Gasteiger partial charge >= 0.3 is 0 Å². The van der Waals surface area contributed by atoms with Crippen LogP contribution in [0, 0.1) is 11.3 Å². The number of hydrogen-bond donors (Lipinski definition) is 0.